The molecule has 64 valence electrons. The molecule has 0 amide bonds. The van der Waals surface area contributed by atoms with E-state index in [-0.39, 0.29) is 28.0 Å². The van der Waals surface area contributed by atoms with Crippen molar-refractivity contribution in [3.05, 3.63) is 0 Å². The standard InChI is InChI=1S/C7H14O3Si/c1-5(2)7(8)10-11-9-6(3)4/h5-6H,1-4H3. The summed E-state index contributed by atoms with van der Waals surface area (Å²) in [6, 6.07) is 0. The Labute approximate surface area is 70.1 Å². The van der Waals surface area contributed by atoms with E-state index in [2.05, 4.69) is 0 Å². The third kappa shape index (κ3) is 6.06. The summed E-state index contributed by atoms with van der Waals surface area (Å²) in [6.07, 6.45) is 0.119. The van der Waals surface area contributed by atoms with E-state index < -0.39 is 0 Å². The summed E-state index contributed by atoms with van der Waals surface area (Å²) >= 11 is 0. The minimum absolute atomic E-state index is 0.0711. The molecule has 0 aromatic heterocycles. The molecule has 0 aliphatic rings. The van der Waals surface area contributed by atoms with Gasteiger partial charge in [-0.1, -0.05) is 13.8 Å². The van der Waals surface area contributed by atoms with Crippen LogP contribution < -0.4 is 0 Å². The van der Waals surface area contributed by atoms with E-state index in [1.54, 1.807) is 13.8 Å². The zero-order chi connectivity index (χ0) is 8.85. The van der Waals surface area contributed by atoms with Crippen molar-refractivity contribution in [2.45, 2.75) is 33.8 Å². The van der Waals surface area contributed by atoms with Gasteiger partial charge in [0.1, 0.15) is 0 Å². The fraction of sp³-hybridized carbons (Fsp3) is 0.857. The average Bonchev–Trinajstić information content (AvgIpc) is 1.86. The summed E-state index contributed by atoms with van der Waals surface area (Å²) in [5.41, 5.74) is 0. The molecule has 0 heterocycles. The van der Waals surface area contributed by atoms with Gasteiger partial charge in [0.15, 0.2) is 0 Å². The Bertz CT molecular complexity index is 123. The van der Waals surface area contributed by atoms with Crippen LogP contribution in [-0.4, -0.2) is 22.1 Å². The van der Waals surface area contributed by atoms with Crippen molar-refractivity contribution < 1.29 is 13.6 Å². The highest BCUT2D eigenvalue weighted by Gasteiger charge is 2.09. The first-order valence-corrected chi connectivity index (χ1v) is 4.47. The zero-order valence-corrected chi connectivity index (χ0v) is 8.38. The van der Waals surface area contributed by atoms with Gasteiger partial charge >= 0.3 is 10.0 Å². The Kier molecular flexibility index (Phi) is 5.15. The summed E-state index contributed by atoms with van der Waals surface area (Å²) < 4.78 is 9.83. The molecule has 2 radical (unpaired) electrons. The zero-order valence-electron chi connectivity index (χ0n) is 7.38. The van der Waals surface area contributed by atoms with Crippen LogP contribution in [-0.2, 0) is 13.6 Å². The molecule has 0 saturated heterocycles. The highest BCUT2D eigenvalue weighted by molar-refractivity contribution is 6.22. The van der Waals surface area contributed by atoms with E-state index in [1.165, 1.54) is 0 Å². The monoisotopic (exact) mass is 174 g/mol. The van der Waals surface area contributed by atoms with E-state index >= 15 is 0 Å². The summed E-state index contributed by atoms with van der Waals surface area (Å²) in [5.74, 6) is -0.276. The van der Waals surface area contributed by atoms with Crippen LogP contribution in [0.4, 0.5) is 0 Å². The van der Waals surface area contributed by atoms with Crippen LogP contribution in [0.3, 0.4) is 0 Å². The van der Waals surface area contributed by atoms with Crippen molar-refractivity contribution in [2.24, 2.45) is 5.92 Å². The van der Waals surface area contributed by atoms with Gasteiger partial charge in [0.05, 0.1) is 0 Å². The predicted molar refractivity (Wildman–Crippen MR) is 42.9 cm³/mol. The van der Waals surface area contributed by atoms with Gasteiger partial charge in [0.2, 0.25) is 0 Å². The van der Waals surface area contributed by atoms with Crippen LogP contribution in [0.2, 0.25) is 0 Å². The molecule has 0 aromatic carbocycles. The van der Waals surface area contributed by atoms with E-state index in [0.717, 1.165) is 0 Å². The van der Waals surface area contributed by atoms with Crippen LogP contribution in [0.15, 0.2) is 0 Å². The molecule has 0 aliphatic carbocycles. The highest BCUT2D eigenvalue weighted by atomic mass is 28.3. The molecule has 0 unspecified atom stereocenters. The molecule has 0 spiro atoms. The van der Waals surface area contributed by atoms with E-state index in [9.17, 15) is 4.79 Å². The van der Waals surface area contributed by atoms with Crippen molar-refractivity contribution >= 4 is 16.0 Å². The molecule has 0 rings (SSSR count). The molecular formula is C7H14O3Si. The number of rotatable bonds is 4. The molecule has 11 heavy (non-hydrogen) atoms. The quantitative estimate of drug-likeness (QED) is 0.600. The van der Waals surface area contributed by atoms with Crippen LogP contribution >= 0.6 is 0 Å². The Morgan fingerprint density at radius 1 is 1.27 bits per heavy atom. The lowest BCUT2D eigenvalue weighted by molar-refractivity contribution is -0.138. The number of hydrogen-bond donors (Lipinski definition) is 0. The summed E-state index contributed by atoms with van der Waals surface area (Å²) in [7, 11) is -0.164. The second kappa shape index (κ2) is 5.32. The van der Waals surface area contributed by atoms with Crippen LogP contribution in [0, 0.1) is 5.92 Å². The maximum Gasteiger partial charge on any atom is 0.523 e. The summed E-state index contributed by atoms with van der Waals surface area (Å²) in [6.45, 7) is 7.39. The smallest absolute Gasteiger partial charge is 0.490 e. The molecule has 0 N–H and O–H groups in total. The molecule has 0 aliphatic heterocycles. The first-order chi connectivity index (χ1) is 5.04. The number of carbonyl (C=O) groups excluding carboxylic acids is 1. The van der Waals surface area contributed by atoms with Crippen molar-refractivity contribution in [1.82, 2.24) is 0 Å². The molecule has 0 bridgehead atoms. The summed E-state index contributed by atoms with van der Waals surface area (Å²) in [5, 5.41) is 0. The van der Waals surface area contributed by atoms with Crippen LogP contribution in [0.5, 0.6) is 0 Å². The number of carbonyl (C=O) groups is 1. The number of hydrogen-bond acceptors (Lipinski definition) is 3. The van der Waals surface area contributed by atoms with Gasteiger partial charge in [0.25, 0.3) is 5.97 Å². The SMILES string of the molecule is CC(C)O[Si]OC(=O)C(C)C. The first-order valence-electron chi connectivity index (χ1n) is 3.65. The van der Waals surface area contributed by atoms with Gasteiger partial charge in [-0.25, -0.2) is 0 Å². The third-order valence-electron chi connectivity index (χ3n) is 0.897. The molecule has 4 heteroatoms. The Morgan fingerprint density at radius 2 is 1.82 bits per heavy atom. The van der Waals surface area contributed by atoms with E-state index in [4.69, 9.17) is 8.85 Å². The van der Waals surface area contributed by atoms with Crippen molar-refractivity contribution in [3.63, 3.8) is 0 Å². The highest BCUT2D eigenvalue weighted by Crippen LogP contribution is 1.95. The molecule has 0 saturated carbocycles. The van der Waals surface area contributed by atoms with Gasteiger partial charge in [-0.15, -0.1) is 0 Å². The van der Waals surface area contributed by atoms with Crippen LogP contribution in [0.1, 0.15) is 27.7 Å². The lowest BCUT2D eigenvalue weighted by Gasteiger charge is -2.07. The van der Waals surface area contributed by atoms with Crippen molar-refractivity contribution in [1.29, 1.82) is 0 Å². The third-order valence-corrected chi connectivity index (χ3v) is 1.75. The Morgan fingerprint density at radius 3 is 2.18 bits per heavy atom. The lowest BCUT2D eigenvalue weighted by atomic mass is 10.2. The minimum Gasteiger partial charge on any atom is -0.490 e. The maximum atomic E-state index is 10.8. The first kappa shape index (κ1) is 10.6. The van der Waals surface area contributed by atoms with Gasteiger partial charge in [-0.05, 0) is 13.8 Å². The molecule has 3 nitrogen and oxygen atoms in total. The second-order valence-corrected chi connectivity index (χ2v) is 3.43. The van der Waals surface area contributed by atoms with Gasteiger partial charge in [-0.3, -0.25) is 4.79 Å². The molecule has 0 atom stereocenters. The Balaban J connectivity index is 3.32. The van der Waals surface area contributed by atoms with Gasteiger partial charge in [0, 0.05) is 12.0 Å². The molecular weight excluding hydrogens is 160 g/mol. The lowest BCUT2D eigenvalue weighted by Crippen LogP contribution is -2.18. The largest absolute Gasteiger partial charge is 0.523 e. The minimum atomic E-state index is -0.205. The molecule has 0 fully saturated rings. The van der Waals surface area contributed by atoms with Gasteiger partial charge < -0.3 is 8.85 Å². The van der Waals surface area contributed by atoms with Crippen LogP contribution in [0.25, 0.3) is 0 Å². The summed E-state index contributed by atoms with van der Waals surface area (Å²) in [4.78, 5) is 10.8. The van der Waals surface area contributed by atoms with E-state index in [0.29, 0.717) is 0 Å². The normalized spacial score (nSPS) is 10.7. The van der Waals surface area contributed by atoms with E-state index in [1.807, 2.05) is 13.8 Å². The Hall–Kier alpha value is -0.353. The maximum absolute atomic E-state index is 10.8. The van der Waals surface area contributed by atoms with Crippen molar-refractivity contribution in [2.75, 3.05) is 0 Å². The second-order valence-electron chi connectivity index (χ2n) is 2.83. The van der Waals surface area contributed by atoms with Gasteiger partial charge in [-0.2, -0.15) is 0 Å². The molecule has 0 aromatic rings. The average molecular weight is 174 g/mol. The fourth-order valence-electron chi connectivity index (χ4n) is 0.279. The fourth-order valence-corrected chi connectivity index (χ4v) is 0.838. The predicted octanol–water partition coefficient (Wildman–Crippen LogP) is 1.14. The topological polar surface area (TPSA) is 35.5 Å². The van der Waals surface area contributed by atoms with Crippen molar-refractivity contribution in [3.8, 4) is 0 Å².